The van der Waals surface area contributed by atoms with Gasteiger partial charge in [0.1, 0.15) is 0 Å². The molecule has 3 unspecified atom stereocenters. The Morgan fingerprint density at radius 3 is 2.71 bits per heavy atom. The average Bonchev–Trinajstić information content (AvgIpc) is 2.92. The van der Waals surface area contributed by atoms with Gasteiger partial charge in [0, 0.05) is 16.6 Å². The van der Waals surface area contributed by atoms with Gasteiger partial charge in [-0.15, -0.1) is 0 Å². The number of nitrogens with zero attached hydrogens (tertiary/aromatic N) is 1. The Balaban J connectivity index is 1.79. The van der Waals surface area contributed by atoms with Crippen molar-refractivity contribution >= 4 is 23.0 Å². The van der Waals surface area contributed by atoms with Crippen LogP contribution in [0.15, 0.2) is 29.4 Å². The van der Waals surface area contributed by atoms with Gasteiger partial charge in [-0.25, -0.2) is 0 Å². The largest absolute Gasteiger partial charge is 0.411 e. The number of benzene rings is 1. The standard InChI is InChI=1S/C13H15ClN2O/c14-10-3-5-11(6-4-10)15-12-8-1-2-9(7-8)13(12)16-17/h3-6,8-9,12,15,17H,1-2,7H2. The van der Waals surface area contributed by atoms with Crippen LogP contribution in [0, 0.1) is 11.8 Å². The highest BCUT2D eigenvalue weighted by molar-refractivity contribution is 6.30. The van der Waals surface area contributed by atoms with E-state index in [2.05, 4.69) is 10.5 Å². The molecule has 0 saturated heterocycles. The van der Waals surface area contributed by atoms with Crippen molar-refractivity contribution in [2.75, 3.05) is 5.32 Å². The zero-order valence-electron chi connectivity index (χ0n) is 9.44. The Morgan fingerprint density at radius 2 is 2.00 bits per heavy atom. The van der Waals surface area contributed by atoms with E-state index in [0.29, 0.717) is 11.8 Å². The number of hydrogen-bond acceptors (Lipinski definition) is 3. The van der Waals surface area contributed by atoms with Crippen LogP contribution < -0.4 is 5.32 Å². The third-order valence-corrected chi connectivity index (χ3v) is 4.22. The molecule has 0 amide bonds. The van der Waals surface area contributed by atoms with E-state index in [9.17, 15) is 0 Å². The topological polar surface area (TPSA) is 44.6 Å². The van der Waals surface area contributed by atoms with Crippen LogP contribution in [0.1, 0.15) is 19.3 Å². The van der Waals surface area contributed by atoms with E-state index in [1.165, 1.54) is 12.8 Å². The normalized spacial score (nSPS) is 33.2. The minimum atomic E-state index is 0.194. The van der Waals surface area contributed by atoms with Crippen LogP contribution >= 0.6 is 11.6 Å². The number of hydrogen-bond donors (Lipinski definition) is 2. The maximum atomic E-state index is 9.11. The van der Waals surface area contributed by atoms with Gasteiger partial charge < -0.3 is 10.5 Å². The maximum Gasteiger partial charge on any atom is 0.0826 e. The van der Waals surface area contributed by atoms with Crippen LogP contribution in [0.25, 0.3) is 0 Å². The summed E-state index contributed by atoms with van der Waals surface area (Å²) < 4.78 is 0. The van der Waals surface area contributed by atoms with Gasteiger partial charge in [-0.3, -0.25) is 0 Å². The highest BCUT2D eigenvalue weighted by Crippen LogP contribution is 2.43. The van der Waals surface area contributed by atoms with Crippen molar-refractivity contribution in [1.82, 2.24) is 0 Å². The minimum absolute atomic E-state index is 0.194. The predicted molar refractivity (Wildman–Crippen MR) is 68.9 cm³/mol. The van der Waals surface area contributed by atoms with Crippen molar-refractivity contribution in [3.8, 4) is 0 Å². The molecule has 0 radical (unpaired) electrons. The fraction of sp³-hybridized carbons (Fsp3) is 0.462. The molecule has 2 bridgehead atoms. The first-order chi connectivity index (χ1) is 8.28. The van der Waals surface area contributed by atoms with Crippen LogP contribution in [0.2, 0.25) is 5.02 Å². The third-order valence-electron chi connectivity index (χ3n) is 3.96. The van der Waals surface area contributed by atoms with E-state index in [-0.39, 0.29) is 6.04 Å². The summed E-state index contributed by atoms with van der Waals surface area (Å²) in [4.78, 5) is 0. The summed E-state index contributed by atoms with van der Waals surface area (Å²) in [7, 11) is 0. The van der Waals surface area contributed by atoms with E-state index < -0.39 is 0 Å². The van der Waals surface area contributed by atoms with Gasteiger partial charge in [-0.2, -0.15) is 0 Å². The van der Waals surface area contributed by atoms with Crippen molar-refractivity contribution in [2.24, 2.45) is 17.0 Å². The fourth-order valence-corrected chi connectivity index (χ4v) is 3.27. The van der Waals surface area contributed by atoms with Crippen LogP contribution in [-0.2, 0) is 0 Å². The van der Waals surface area contributed by atoms with Crippen molar-refractivity contribution < 1.29 is 5.21 Å². The Bertz CT molecular complexity index is 443. The van der Waals surface area contributed by atoms with Gasteiger partial charge in [0.25, 0.3) is 0 Å². The smallest absolute Gasteiger partial charge is 0.0826 e. The van der Waals surface area contributed by atoms with Crippen molar-refractivity contribution in [2.45, 2.75) is 25.3 Å². The number of anilines is 1. The van der Waals surface area contributed by atoms with E-state index >= 15 is 0 Å². The summed E-state index contributed by atoms with van der Waals surface area (Å²) in [6.07, 6.45) is 3.56. The summed E-state index contributed by atoms with van der Waals surface area (Å²) in [5, 5.41) is 16.8. The van der Waals surface area contributed by atoms with Crippen LogP contribution in [0.5, 0.6) is 0 Å². The number of nitrogens with one attached hydrogen (secondary N) is 1. The van der Waals surface area contributed by atoms with Gasteiger partial charge >= 0.3 is 0 Å². The molecule has 2 saturated carbocycles. The lowest BCUT2D eigenvalue weighted by Gasteiger charge is -2.24. The average molecular weight is 251 g/mol. The van der Waals surface area contributed by atoms with E-state index in [4.69, 9.17) is 16.8 Å². The van der Waals surface area contributed by atoms with Crippen molar-refractivity contribution in [3.63, 3.8) is 0 Å². The molecule has 4 heteroatoms. The van der Waals surface area contributed by atoms with Gasteiger partial charge in [0.2, 0.25) is 0 Å². The molecule has 3 atom stereocenters. The first-order valence-electron chi connectivity index (χ1n) is 6.02. The van der Waals surface area contributed by atoms with Gasteiger partial charge in [-0.1, -0.05) is 16.8 Å². The van der Waals surface area contributed by atoms with E-state index in [0.717, 1.165) is 22.8 Å². The van der Waals surface area contributed by atoms with Crippen LogP contribution in [0.3, 0.4) is 0 Å². The molecule has 1 aromatic rings. The molecule has 0 spiro atoms. The van der Waals surface area contributed by atoms with Gasteiger partial charge in [-0.05, 0) is 49.4 Å². The molecule has 2 fully saturated rings. The quantitative estimate of drug-likeness (QED) is 0.624. The SMILES string of the molecule is ON=C1C2CCC(C2)C1Nc1ccc(Cl)cc1. The molecular formula is C13H15ClN2O. The maximum absolute atomic E-state index is 9.11. The number of halogens is 1. The van der Waals surface area contributed by atoms with Gasteiger partial charge in [0.15, 0.2) is 0 Å². The van der Waals surface area contributed by atoms with E-state index in [1.807, 2.05) is 24.3 Å². The molecule has 2 aliphatic carbocycles. The first-order valence-corrected chi connectivity index (χ1v) is 6.39. The highest BCUT2D eigenvalue weighted by atomic mass is 35.5. The summed E-state index contributed by atoms with van der Waals surface area (Å²) in [6.45, 7) is 0. The Hall–Kier alpha value is -1.22. The van der Waals surface area contributed by atoms with Crippen LogP contribution in [0.4, 0.5) is 5.69 Å². The zero-order valence-corrected chi connectivity index (χ0v) is 10.2. The molecule has 2 N–H and O–H groups in total. The lowest BCUT2D eigenvalue weighted by Crippen LogP contribution is -2.35. The molecule has 0 aromatic heterocycles. The molecular weight excluding hydrogens is 236 g/mol. The Morgan fingerprint density at radius 1 is 1.24 bits per heavy atom. The highest BCUT2D eigenvalue weighted by Gasteiger charge is 2.45. The lowest BCUT2D eigenvalue weighted by atomic mass is 9.93. The lowest BCUT2D eigenvalue weighted by molar-refractivity contribution is 0.312. The molecule has 3 nitrogen and oxygen atoms in total. The minimum Gasteiger partial charge on any atom is -0.411 e. The number of oxime groups is 1. The predicted octanol–water partition coefficient (Wildman–Crippen LogP) is 3.38. The summed E-state index contributed by atoms with van der Waals surface area (Å²) in [5.74, 6) is 1.09. The molecule has 2 aliphatic rings. The van der Waals surface area contributed by atoms with Crippen molar-refractivity contribution in [3.05, 3.63) is 29.3 Å². The molecule has 90 valence electrons. The molecule has 0 heterocycles. The number of rotatable bonds is 2. The fourth-order valence-electron chi connectivity index (χ4n) is 3.14. The summed E-state index contributed by atoms with van der Waals surface area (Å²) in [6, 6.07) is 7.85. The Kier molecular flexibility index (Phi) is 2.71. The molecule has 17 heavy (non-hydrogen) atoms. The van der Waals surface area contributed by atoms with Crippen molar-refractivity contribution in [1.29, 1.82) is 0 Å². The second kappa shape index (κ2) is 4.22. The monoisotopic (exact) mass is 250 g/mol. The number of fused-ring (bicyclic) bond motifs is 2. The summed E-state index contributed by atoms with van der Waals surface area (Å²) >= 11 is 5.86. The summed E-state index contributed by atoms with van der Waals surface area (Å²) in [5.41, 5.74) is 1.96. The zero-order chi connectivity index (χ0) is 11.8. The van der Waals surface area contributed by atoms with Gasteiger partial charge in [0.05, 0.1) is 11.8 Å². The first kappa shape index (κ1) is 10.9. The Labute approximate surface area is 105 Å². The third kappa shape index (κ3) is 1.89. The second-order valence-corrected chi connectivity index (χ2v) is 5.36. The van der Waals surface area contributed by atoms with E-state index in [1.54, 1.807) is 0 Å². The molecule has 0 aliphatic heterocycles. The molecule has 1 aromatic carbocycles. The second-order valence-electron chi connectivity index (χ2n) is 4.92. The van der Waals surface area contributed by atoms with Crippen LogP contribution in [-0.4, -0.2) is 17.0 Å². The molecule has 3 rings (SSSR count).